The van der Waals surface area contributed by atoms with Gasteiger partial charge in [0.1, 0.15) is 5.75 Å². The Kier molecular flexibility index (Phi) is 5.14. The molecule has 1 rings (SSSR count). The predicted molar refractivity (Wildman–Crippen MR) is 65.3 cm³/mol. The quantitative estimate of drug-likeness (QED) is 0.688. The van der Waals surface area contributed by atoms with Gasteiger partial charge >= 0.3 is 9.04 Å². The summed E-state index contributed by atoms with van der Waals surface area (Å²) in [6, 6.07) is 8.98. The molecule has 0 aliphatic heterocycles. The molecule has 1 radical (unpaired) electrons. The standard InChI is InChI=1S/C12H17O2Si/c1-4-11-8-6-7-9-12(11)14-15(5-2)10-13-3/h4,6-9H,1,5,10H2,2-3H3. The van der Waals surface area contributed by atoms with Crippen molar-refractivity contribution in [3.8, 4) is 5.75 Å². The molecular formula is C12H17O2Si. The number of hydrogen-bond donors (Lipinski definition) is 0. The summed E-state index contributed by atoms with van der Waals surface area (Å²) < 4.78 is 11.1. The second-order valence-corrected chi connectivity index (χ2v) is 5.45. The second-order valence-electron chi connectivity index (χ2n) is 3.17. The molecule has 0 heterocycles. The van der Waals surface area contributed by atoms with Crippen molar-refractivity contribution in [1.29, 1.82) is 0 Å². The van der Waals surface area contributed by atoms with Crippen LogP contribution in [0.1, 0.15) is 12.5 Å². The van der Waals surface area contributed by atoms with Gasteiger partial charge in [-0.1, -0.05) is 37.8 Å². The van der Waals surface area contributed by atoms with E-state index in [2.05, 4.69) is 13.5 Å². The number of methoxy groups -OCH3 is 1. The monoisotopic (exact) mass is 221 g/mol. The Balaban J connectivity index is 2.73. The molecule has 0 aliphatic carbocycles. The summed E-state index contributed by atoms with van der Waals surface area (Å²) in [6.07, 6.45) is 2.53. The first kappa shape index (κ1) is 12.0. The third-order valence-electron chi connectivity index (χ3n) is 2.09. The van der Waals surface area contributed by atoms with Crippen LogP contribution in [0.3, 0.4) is 0 Å². The van der Waals surface area contributed by atoms with Crippen LogP contribution in [0.2, 0.25) is 6.04 Å². The van der Waals surface area contributed by atoms with E-state index < -0.39 is 9.04 Å². The van der Waals surface area contributed by atoms with Crippen molar-refractivity contribution in [2.75, 3.05) is 13.3 Å². The van der Waals surface area contributed by atoms with Crippen LogP contribution in [0.25, 0.3) is 6.08 Å². The summed E-state index contributed by atoms with van der Waals surface area (Å²) in [6.45, 7) is 5.90. The van der Waals surface area contributed by atoms with Crippen molar-refractivity contribution in [1.82, 2.24) is 0 Å². The Morgan fingerprint density at radius 2 is 2.13 bits per heavy atom. The van der Waals surface area contributed by atoms with E-state index in [9.17, 15) is 0 Å². The van der Waals surface area contributed by atoms with Crippen LogP contribution in [0, 0.1) is 0 Å². The molecule has 1 aromatic carbocycles. The van der Waals surface area contributed by atoms with Crippen LogP contribution in [0.4, 0.5) is 0 Å². The lowest BCUT2D eigenvalue weighted by Crippen LogP contribution is -2.27. The summed E-state index contributed by atoms with van der Waals surface area (Å²) in [5, 5.41) is 0. The van der Waals surface area contributed by atoms with Gasteiger partial charge in [0, 0.05) is 12.7 Å². The summed E-state index contributed by atoms with van der Waals surface area (Å²) in [7, 11) is 0.822. The van der Waals surface area contributed by atoms with Gasteiger partial charge in [0.25, 0.3) is 0 Å². The summed E-state index contributed by atoms with van der Waals surface area (Å²) in [5.74, 6) is 0.917. The van der Waals surface area contributed by atoms with Crippen molar-refractivity contribution in [3.63, 3.8) is 0 Å². The maximum Gasteiger partial charge on any atom is 0.307 e. The van der Waals surface area contributed by atoms with E-state index >= 15 is 0 Å². The van der Waals surface area contributed by atoms with Gasteiger partial charge in [0.05, 0.1) is 6.23 Å². The minimum Gasteiger partial charge on any atom is -0.539 e. The van der Waals surface area contributed by atoms with Gasteiger partial charge in [-0.2, -0.15) is 0 Å². The highest BCUT2D eigenvalue weighted by Crippen LogP contribution is 2.20. The Morgan fingerprint density at radius 3 is 2.73 bits per heavy atom. The van der Waals surface area contributed by atoms with Crippen molar-refractivity contribution < 1.29 is 9.16 Å². The number of ether oxygens (including phenoxy) is 1. The molecule has 0 fully saturated rings. The van der Waals surface area contributed by atoms with Crippen LogP contribution in [0.15, 0.2) is 30.8 Å². The van der Waals surface area contributed by atoms with E-state index in [0.29, 0.717) is 6.23 Å². The maximum atomic E-state index is 5.93. The number of para-hydroxylation sites is 1. The minimum atomic E-state index is -0.889. The minimum absolute atomic E-state index is 0.715. The lowest BCUT2D eigenvalue weighted by atomic mass is 10.2. The van der Waals surface area contributed by atoms with Gasteiger partial charge in [-0.05, 0) is 12.1 Å². The van der Waals surface area contributed by atoms with Crippen LogP contribution >= 0.6 is 0 Å². The second kappa shape index (κ2) is 6.43. The molecule has 2 nitrogen and oxygen atoms in total. The van der Waals surface area contributed by atoms with Crippen molar-refractivity contribution in [2.45, 2.75) is 13.0 Å². The van der Waals surface area contributed by atoms with Crippen LogP contribution in [-0.4, -0.2) is 22.4 Å². The zero-order valence-electron chi connectivity index (χ0n) is 9.32. The Labute approximate surface area is 93.3 Å². The molecule has 0 aromatic heterocycles. The highest BCUT2D eigenvalue weighted by Gasteiger charge is 2.13. The average molecular weight is 221 g/mol. The van der Waals surface area contributed by atoms with Crippen molar-refractivity contribution in [2.24, 2.45) is 0 Å². The first-order valence-electron chi connectivity index (χ1n) is 5.04. The molecule has 3 heteroatoms. The SMILES string of the molecule is C=Cc1ccccc1O[Si](CC)COC. The topological polar surface area (TPSA) is 18.5 Å². The normalized spacial score (nSPS) is 10.3. The van der Waals surface area contributed by atoms with Gasteiger partial charge in [0.15, 0.2) is 0 Å². The zero-order valence-corrected chi connectivity index (χ0v) is 10.3. The predicted octanol–water partition coefficient (Wildman–Crippen LogP) is 2.91. The van der Waals surface area contributed by atoms with E-state index in [0.717, 1.165) is 17.4 Å². The Bertz CT molecular complexity index is 312. The van der Waals surface area contributed by atoms with Crippen LogP contribution in [0.5, 0.6) is 5.75 Å². The largest absolute Gasteiger partial charge is 0.539 e. The number of rotatable bonds is 6. The van der Waals surface area contributed by atoms with Crippen molar-refractivity contribution in [3.05, 3.63) is 36.4 Å². The van der Waals surface area contributed by atoms with Crippen molar-refractivity contribution >= 4 is 15.1 Å². The van der Waals surface area contributed by atoms with E-state index in [1.54, 1.807) is 7.11 Å². The molecule has 81 valence electrons. The van der Waals surface area contributed by atoms with Gasteiger partial charge in [-0.3, -0.25) is 0 Å². The van der Waals surface area contributed by atoms with Gasteiger partial charge in [-0.25, -0.2) is 0 Å². The molecule has 0 aliphatic rings. The van der Waals surface area contributed by atoms with Crippen LogP contribution in [-0.2, 0) is 4.74 Å². The van der Waals surface area contributed by atoms with E-state index in [1.807, 2.05) is 30.3 Å². The molecule has 0 bridgehead atoms. The first-order valence-corrected chi connectivity index (χ1v) is 6.87. The molecule has 0 amide bonds. The smallest absolute Gasteiger partial charge is 0.307 e. The molecule has 0 atom stereocenters. The van der Waals surface area contributed by atoms with E-state index in [-0.39, 0.29) is 0 Å². The Hall–Kier alpha value is -1.06. The van der Waals surface area contributed by atoms with Gasteiger partial charge in [-0.15, -0.1) is 0 Å². The highest BCUT2D eigenvalue weighted by atomic mass is 28.3. The molecule has 1 aromatic rings. The maximum absolute atomic E-state index is 5.93. The average Bonchev–Trinajstić information content (AvgIpc) is 2.29. The van der Waals surface area contributed by atoms with Crippen LogP contribution < -0.4 is 4.43 Å². The summed E-state index contributed by atoms with van der Waals surface area (Å²) in [5.41, 5.74) is 1.05. The fourth-order valence-corrected chi connectivity index (χ4v) is 2.49. The molecule has 0 spiro atoms. The van der Waals surface area contributed by atoms with Gasteiger partial charge < -0.3 is 9.16 Å². The molecule has 0 saturated carbocycles. The first-order chi connectivity index (χ1) is 7.31. The molecular weight excluding hydrogens is 204 g/mol. The van der Waals surface area contributed by atoms with Gasteiger partial charge in [0.2, 0.25) is 0 Å². The molecule has 0 saturated heterocycles. The molecule has 0 N–H and O–H groups in total. The fraction of sp³-hybridized carbons (Fsp3) is 0.333. The lowest BCUT2D eigenvalue weighted by molar-refractivity contribution is 0.238. The zero-order chi connectivity index (χ0) is 11.1. The summed E-state index contributed by atoms with van der Waals surface area (Å²) >= 11 is 0. The highest BCUT2D eigenvalue weighted by molar-refractivity contribution is 6.52. The Morgan fingerprint density at radius 1 is 1.40 bits per heavy atom. The fourth-order valence-electron chi connectivity index (χ4n) is 1.26. The molecule has 15 heavy (non-hydrogen) atoms. The third-order valence-corrected chi connectivity index (χ3v) is 4.00. The van der Waals surface area contributed by atoms with E-state index in [1.165, 1.54) is 0 Å². The third kappa shape index (κ3) is 3.53. The lowest BCUT2D eigenvalue weighted by Gasteiger charge is -2.15. The molecule has 0 unspecified atom stereocenters. The van der Waals surface area contributed by atoms with E-state index in [4.69, 9.17) is 9.16 Å². The number of hydrogen-bond acceptors (Lipinski definition) is 2. The number of benzene rings is 1. The summed E-state index contributed by atoms with van der Waals surface area (Å²) in [4.78, 5) is 0.